The van der Waals surface area contributed by atoms with Gasteiger partial charge in [-0.2, -0.15) is 0 Å². The van der Waals surface area contributed by atoms with Gasteiger partial charge in [-0.25, -0.2) is 0 Å². The quantitative estimate of drug-likeness (QED) is 0.732. The monoisotopic (exact) mass is 347 g/mol. The molecular formula is C14H22BrNO4. The lowest BCUT2D eigenvalue weighted by molar-refractivity contribution is -0.124. The van der Waals surface area contributed by atoms with Gasteiger partial charge in [-0.3, -0.25) is 0 Å². The zero-order valence-corrected chi connectivity index (χ0v) is 14.1. The van der Waals surface area contributed by atoms with Crippen molar-refractivity contribution in [1.82, 2.24) is 5.32 Å². The van der Waals surface area contributed by atoms with Crippen LogP contribution in [-0.4, -0.2) is 41.3 Å². The van der Waals surface area contributed by atoms with Crippen LogP contribution in [0.5, 0.6) is 11.5 Å². The molecule has 0 heterocycles. The summed E-state index contributed by atoms with van der Waals surface area (Å²) in [6, 6.07) is 3.68. The first-order chi connectivity index (χ1) is 9.64. The van der Waals surface area contributed by atoms with Crippen molar-refractivity contribution < 1.29 is 18.9 Å². The minimum Gasteiger partial charge on any atom is -0.495 e. The van der Waals surface area contributed by atoms with Crippen molar-refractivity contribution in [3.63, 3.8) is 0 Å². The molecule has 0 bridgehead atoms. The number of ether oxygens (including phenoxy) is 4. The maximum atomic E-state index is 5.51. The number of benzene rings is 1. The average Bonchev–Trinajstić information content (AvgIpc) is 2.47. The molecule has 0 saturated carbocycles. The van der Waals surface area contributed by atoms with E-state index in [9.17, 15) is 0 Å². The molecule has 0 radical (unpaired) electrons. The number of hydrogen-bond donors (Lipinski definition) is 1. The minimum absolute atomic E-state index is 0.146. The number of likely N-dealkylation sites (N-methyl/N-ethyl adjacent to an activating group) is 1. The van der Waals surface area contributed by atoms with Crippen LogP contribution >= 0.6 is 15.9 Å². The molecule has 114 valence electrons. The fourth-order valence-electron chi connectivity index (χ4n) is 2.10. The molecule has 0 aliphatic carbocycles. The Bertz CT molecular complexity index is 424. The molecule has 1 N–H and O–H groups in total. The Morgan fingerprint density at radius 2 is 1.75 bits per heavy atom. The van der Waals surface area contributed by atoms with Crippen molar-refractivity contribution >= 4 is 15.9 Å². The fraction of sp³-hybridized carbons (Fsp3) is 0.571. The summed E-state index contributed by atoms with van der Waals surface area (Å²) < 4.78 is 22.3. The molecule has 0 fully saturated rings. The van der Waals surface area contributed by atoms with Crippen LogP contribution in [0.1, 0.15) is 18.5 Å². The van der Waals surface area contributed by atoms with E-state index in [0.717, 1.165) is 16.6 Å². The van der Waals surface area contributed by atoms with Crippen LogP contribution in [-0.2, 0) is 9.47 Å². The Kier molecular flexibility index (Phi) is 7.29. The second-order valence-corrected chi connectivity index (χ2v) is 4.87. The van der Waals surface area contributed by atoms with Crippen LogP contribution in [0.2, 0.25) is 0 Å². The molecule has 5 nitrogen and oxygen atoms in total. The van der Waals surface area contributed by atoms with Gasteiger partial charge in [-0.1, -0.05) is 6.92 Å². The van der Waals surface area contributed by atoms with E-state index in [0.29, 0.717) is 11.5 Å². The van der Waals surface area contributed by atoms with Crippen LogP contribution < -0.4 is 14.8 Å². The summed E-state index contributed by atoms with van der Waals surface area (Å²) in [6.07, 6.45) is -0.413. The molecule has 0 aliphatic heterocycles. The van der Waals surface area contributed by atoms with E-state index < -0.39 is 6.29 Å². The van der Waals surface area contributed by atoms with Crippen molar-refractivity contribution in [3.05, 3.63) is 22.2 Å². The van der Waals surface area contributed by atoms with Crippen LogP contribution in [0.15, 0.2) is 16.6 Å². The SMILES string of the molecule is CCNC(c1ccc(OC)c(Br)c1OC)C(OC)OC. The van der Waals surface area contributed by atoms with E-state index in [4.69, 9.17) is 18.9 Å². The summed E-state index contributed by atoms with van der Waals surface area (Å²) >= 11 is 3.51. The zero-order chi connectivity index (χ0) is 15.1. The lowest BCUT2D eigenvalue weighted by Gasteiger charge is -2.27. The summed E-state index contributed by atoms with van der Waals surface area (Å²) in [5, 5.41) is 3.35. The standard InChI is InChI=1S/C14H22BrNO4/c1-6-16-12(14(19-4)20-5)9-7-8-10(17-2)11(15)13(9)18-3/h7-8,12,14,16H,6H2,1-5H3. The first-order valence-electron chi connectivity index (χ1n) is 6.33. The Labute approximate surface area is 128 Å². The molecule has 1 atom stereocenters. The molecule has 1 unspecified atom stereocenters. The number of hydrogen-bond acceptors (Lipinski definition) is 5. The molecule has 0 spiro atoms. The molecule has 0 saturated heterocycles. The van der Waals surface area contributed by atoms with Crippen molar-refractivity contribution in [2.75, 3.05) is 35.0 Å². The van der Waals surface area contributed by atoms with Gasteiger partial charge in [-0.05, 0) is 34.6 Å². The summed E-state index contributed by atoms with van der Waals surface area (Å²) in [4.78, 5) is 0. The van der Waals surface area contributed by atoms with Gasteiger partial charge in [0.1, 0.15) is 16.0 Å². The van der Waals surface area contributed by atoms with E-state index >= 15 is 0 Å². The molecule has 1 aromatic rings. The highest BCUT2D eigenvalue weighted by molar-refractivity contribution is 9.10. The van der Waals surface area contributed by atoms with Crippen molar-refractivity contribution in [2.45, 2.75) is 19.3 Å². The lowest BCUT2D eigenvalue weighted by atomic mass is 10.0. The molecule has 0 amide bonds. The highest BCUT2D eigenvalue weighted by Crippen LogP contribution is 2.40. The Hall–Kier alpha value is -0.820. The van der Waals surface area contributed by atoms with E-state index in [1.807, 2.05) is 19.1 Å². The van der Waals surface area contributed by atoms with E-state index in [1.54, 1.807) is 28.4 Å². The third kappa shape index (κ3) is 3.63. The molecule has 0 aromatic heterocycles. The highest BCUT2D eigenvalue weighted by atomic mass is 79.9. The molecule has 1 aromatic carbocycles. The molecule has 1 rings (SSSR count). The predicted molar refractivity (Wildman–Crippen MR) is 81.5 cm³/mol. The van der Waals surface area contributed by atoms with Gasteiger partial charge < -0.3 is 24.3 Å². The molecular weight excluding hydrogens is 326 g/mol. The summed E-state index contributed by atoms with van der Waals surface area (Å²) in [5.74, 6) is 1.42. The molecule has 0 aliphatic rings. The Morgan fingerprint density at radius 3 is 2.20 bits per heavy atom. The van der Waals surface area contributed by atoms with Crippen LogP contribution in [0, 0.1) is 0 Å². The smallest absolute Gasteiger partial charge is 0.176 e. The van der Waals surface area contributed by atoms with Gasteiger partial charge in [0.15, 0.2) is 6.29 Å². The summed E-state index contributed by atoms with van der Waals surface area (Å²) in [6.45, 7) is 2.81. The maximum Gasteiger partial charge on any atom is 0.176 e. The third-order valence-corrected chi connectivity index (χ3v) is 3.76. The van der Waals surface area contributed by atoms with Gasteiger partial charge in [0.2, 0.25) is 0 Å². The normalized spacial score (nSPS) is 12.6. The summed E-state index contributed by atoms with van der Waals surface area (Å²) in [5.41, 5.74) is 0.940. The van der Waals surface area contributed by atoms with Crippen LogP contribution in [0.25, 0.3) is 0 Å². The van der Waals surface area contributed by atoms with Crippen molar-refractivity contribution in [2.24, 2.45) is 0 Å². The minimum atomic E-state index is -0.413. The number of halogens is 1. The number of methoxy groups -OCH3 is 4. The van der Waals surface area contributed by atoms with E-state index in [-0.39, 0.29) is 6.04 Å². The second kappa shape index (κ2) is 8.46. The zero-order valence-electron chi connectivity index (χ0n) is 12.5. The topological polar surface area (TPSA) is 49.0 Å². The second-order valence-electron chi connectivity index (χ2n) is 4.08. The van der Waals surface area contributed by atoms with Crippen molar-refractivity contribution in [1.29, 1.82) is 0 Å². The fourth-order valence-corrected chi connectivity index (χ4v) is 2.79. The first-order valence-corrected chi connectivity index (χ1v) is 7.13. The maximum absolute atomic E-state index is 5.51. The van der Waals surface area contributed by atoms with Crippen LogP contribution in [0.4, 0.5) is 0 Å². The first kappa shape index (κ1) is 17.2. The van der Waals surface area contributed by atoms with Gasteiger partial charge in [0.25, 0.3) is 0 Å². The van der Waals surface area contributed by atoms with E-state index in [1.165, 1.54) is 0 Å². The lowest BCUT2D eigenvalue weighted by Crippen LogP contribution is -2.34. The highest BCUT2D eigenvalue weighted by Gasteiger charge is 2.27. The summed E-state index contributed by atoms with van der Waals surface area (Å²) in [7, 11) is 6.47. The van der Waals surface area contributed by atoms with Gasteiger partial charge >= 0.3 is 0 Å². The molecule has 20 heavy (non-hydrogen) atoms. The third-order valence-electron chi connectivity index (χ3n) is 3.01. The van der Waals surface area contributed by atoms with Gasteiger partial charge in [0.05, 0.1) is 20.3 Å². The van der Waals surface area contributed by atoms with Gasteiger partial charge in [0, 0.05) is 19.8 Å². The Morgan fingerprint density at radius 1 is 1.10 bits per heavy atom. The Balaban J connectivity index is 3.28. The average molecular weight is 348 g/mol. The molecule has 6 heteroatoms. The predicted octanol–water partition coefficient (Wildman–Crippen LogP) is 2.74. The number of rotatable bonds is 8. The van der Waals surface area contributed by atoms with Crippen LogP contribution in [0.3, 0.4) is 0 Å². The number of nitrogens with one attached hydrogen (secondary N) is 1. The van der Waals surface area contributed by atoms with Crippen molar-refractivity contribution in [3.8, 4) is 11.5 Å². The van der Waals surface area contributed by atoms with Gasteiger partial charge in [-0.15, -0.1) is 0 Å². The van der Waals surface area contributed by atoms with E-state index in [2.05, 4.69) is 21.2 Å². The largest absolute Gasteiger partial charge is 0.495 e.